The fraction of sp³-hybridized carbons (Fsp3) is 0.300. The third kappa shape index (κ3) is 2.38. The largest absolute Gasteiger partial charge is 0.310 e. The number of rotatable bonds is 4. The summed E-state index contributed by atoms with van der Waals surface area (Å²) in [6.45, 7) is 3.63. The summed E-state index contributed by atoms with van der Waals surface area (Å²) in [5.74, 6) is 0.825. The first kappa shape index (κ1) is 11.5. The molecule has 1 aromatic heterocycles. The van der Waals surface area contributed by atoms with Crippen molar-refractivity contribution in [3.05, 3.63) is 33.7 Å². The molecule has 0 spiro atoms. The second-order valence-corrected chi connectivity index (χ2v) is 4.40. The summed E-state index contributed by atoms with van der Waals surface area (Å²) in [5, 5.41) is 14.9. The van der Waals surface area contributed by atoms with Gasteiger partial charge in [-0.1, -0.05) is 19.1 Å². The highest BCUT2D eigenvalue weighted by molar-refractivity contribution is 14.1. The Morgan fingerprint density at radius 2 is 2.19 bits per heavy atom. The van der Waals surface area contributed by atoms with E-state index in [0.717, 1.165) is 21.6 Å². The molecule has 84 valence electrons. The second-order valence-electron chi connectivity index (χ2n) is 3.24. The monoisotopic (exact) mass is 329 g/mol. The highest BCUT2D eigenvalue weighted by Crippen LogP contribution is 2.16. The van der Waals surface area contributed by atoms with E-state index in [9.17, 15) is 0 Å². The number of aromatic nitrogens is 4. The van der Waals surface area contributed by atoms with E-state index in [1.807, 2.05) is 24.3 Å². The third-order valence-electron chi connectivity index (χ3n) is 2.15. The van der Waals surface area contributed by atoms with Gasteiger partial charge in [-0.15, -0.1) is 5.10 Å². The van der Waals surface area contributed by atoms with Crippen molar-refractivity contribution in [1.29, 1.82) is 0 Å². The maximum absolute atomic E-state index is 4.01. The van der Waals surface area contributed by atoms with Gasteiger partial charge < -0.3 is 5.32 Å². The molecular formula is C10H12IN5. The fourth-order valence-electron chi connectivity index (χ4n) is 1.36. The molecule has 5 nitrogen and oxygen atoms in total. The zero-order valence-corrected chi connectivity index (χ0v) is 11.0. The van der Waals surface area contributed by atoms with Crippen LogP contribution < -0.4 is 5.32 Å². The molecule has 16 heavy (non-hydrogen) atoms. The predicted molar refractivity (Wildman–Crippen MR) is 69.3 cm³/mol. The quantitative estimate of drug-likeness (QED) is 0.861. The van der Waals surface area contributed by atoms with Crippen LogP contribution in [0.4, 0.5) is 0 Å². The smallest absolute Gasteiger partial charge is 0.170 e. The Labute approximate surface area is 107 Å². The summed E-state index contributed by atoms with van der Waals surface area (Å²) in [6, 6.07) is 8.03. The minimum absolute atomic E-state index is 0.675. The number of tetrazole rings is 1. The highest BCUT2D eigenvalue weighted by atomic mass is 127. The zero-order valence-electron chi connectivity index (χ0n) is 8.89. The Kier molecular flexibility index (Phi) is 3.83. The van der Waals surface area contributed by atoms with Gasteiger partial charge in [0, 0.05) is 3.57 Å². The molecule has 0 bridgehead atoms. The maximum atomic E-state index is 4.01. The fourth-order valence-corrected chi connectivity index (χ4v) is 1.98. The Morgan fingerprint density at radius 3 is 2.94 bits per heavy atom. The van der Waals surface area contributed by atoms with E-state index in [2.05, 4.69) is 50.4 Å². The summed E-state index contributed by atoms with van der Waals surface area (Å²) >= 11 is 2.28. The molecule has 2 rings (SSSR count). The van der Waals surface area contributed by atoms with Gasteiger partial charge in [0.2, 0.25) is 0 Å². The molecule has 1 heterocycles. The Balaban J connectivity index is 2.33. The number of nitrogens with one attached hydrogen (secondary N) is 1. The van der Waals surface area contributed by atoms with Gasteiger partial charge in [-0.3, -0.25) is 0 Å². The average molecular weight is 329 g/mol. The summed E-state index contributed by atoms with van der Waals surface area (Å²) in [6.07, 6.45) is 0. The van der Waals surface area contributed by atoms with E-state index in [0.29, 0.717) is 6.54 Å². The van der Waals surface area contributed by atoms with Crippen molar-refractivity contribution >= 4 is 22.6 Å². The van der Waals surface area contributed by atoms with E-state index >= 15 is 0 Å². The standard InChI is InChI=1S/C10H12IN5/c1-2-12-7-10-13-14-15-16(10)9-6-4-3-5-8(9)11/h3-6,12H,2,7H2,1H3. The molecule has 2 aromatic rings. The van der Waals surface area contributed by atoms with E-state index in [-0.39, 0.29) is 0 Å². The molecule has 0 saturated heterocycles. The maximum Gasteiger partial charge on any atom is 0.170 e. The molecule has 0 radical (unpaired) electrons. The first-order chi connectivity index (χ1) is 7.83. The number of hydrogen-bond acceptors (Lipinski definition) is 4. The van der Waals surface area contributed by atoms with Gasteiger partial charge >= 0.3 is 0 Å². The third-order valence-corrected chi connectivity index (χ3v) is 3.06. The van der Waals surface area contributed by atoms with Gasteiger partial charge in [0.1, 0.15) is 0 Å². The summed E-state index contributed by atoms with van der Waals surface area (Å²) in [5.41, 5.74) is 1.01. The molecule has 6 heteroatoms. The van der Waals surface area contributed by atoms with Gasteiger partial charge in [-0.2, -0.15) is 4.68 Å². The van der Waals surface area contributed by atoms with E-state index < -0.39 is 0 Å². The van der Waals surface area contributed by atoms with Crippen LogP contribution in [0.5, 0.6) is 0 Å². The van der Waals surface area contributed by atoms with Gasteiger partial charge in [0.05, 0.1) is 12.2 Å². The lowest BCUT2D eigenvalue weighted by atomic mass is 10.3. The van der Waals surface area contributed by atoms with Gasteiger partial charge in [-0.05, 0) is 51.7 Å². The summed E-state index contributed by atoms with van der Waals surface area (Å²) in [4.78, 5) is 0. The lowest BCUT2D eigenvalue weighted by Gasteiger charge is -2.06. The van der Waals surface area contributed by atoms with Crippen LogP contribution in [0.15, 0.2) is 24.3 Å². The average Bonchev–Trinajstić information content (AvgIpc) is 2.75. The van der Waals surface area contributed by atoms with Crippen molar-refractivity contribution in [2.75, 3.05) is 6.54 Å². The van der Waals surface area contributed by atoms with Crippen molar-refractivity contribution < 1.29 is 0 Å². The van der Waals surface area contributed by atoms with Crippen LogP contribution in [0.3, 0.4) is 0 Å². The van der Waals surface area contributed by atoms with Crippen molar-refractivity contribution in [3.63, 3.8) is 0 Å². The first-order valence-electron chi connectivity index (χ1n) is 5.05. The molecule has 0 saturated carbocycles. The van der Waals surface area contributed by atoms with Crippen LogP contribution in [0.2, 0.25) is 0 Å². The second kappa shape index (κ2) is 5.35. The summed E-state index contributed by atoms with van der Waals surface area (Å²) < 4.78 is 2.90. The Bertz CT molecular complexity index is 468. The molecule has 0 fully saturated rings. The van der Waals surface area contributed by atoms with Crippen molar-refractivity contribution in [2.45, 2.75) is 13.5 Å². The van der Waals surface area contributed by atoms with Crippen molar-refractivity contribution in [1.82, 2.24) is 25.5 Å². The first-order valence-corrected chi connectivity index (χ1v) is 6.13. The minimum atomic E-state index is 0.675. The van der Waals surface area contributed by atoms with Crippen molar-refractivity contribution in [3.8, 4) is 5.69 Å². The Morgan fingerprint density at radius 1 is 1.38 bits per heavy atom. The number of hydrogen-bond donors (Lipinski definition) is 1. The minimum Gasteiger partial charge on any atom is -0.310 e. The predicted octanol–water partition coefficient (Wildman–Crippen LogP) is 1.38. The van der Waals surface area contributed by atoms with E-state index in [1.165, 1.54) is 0 Å². The van der Waals surface area contributed by atoms with Crippen LogP contribution in [0.25, 0.3) is 5.69 Å². The molecule has 1 aromatic carbocycles. The zero-order chi connectivity index (χ0) is 11.4. The van der Waals surface area contributed by atoms with E-state index in [1.54, 1.807) is 4.68 Å². The molecule has 0 aliphatic heterocycles. The molecule has 0 aliphatic rings. The number of benzene rings is 1. The van der Waals surface area contributed by atoms with E-state index in [4.69, 9.17) is 0 Å². The van der Waals surface area contributed by atoms with Crippen LogP contribution in [-0.2, 0) is 6.54 Å². The number of halogens is 1. The summed E-state index contributed by atoms with van der Waals surface area (Å²) in [7, 11) is 0. The highest BCUT2D eigenvalue weighted by Gasteiger charge is 2.09. The lowest BCUT2D eigenvalue weighted by molar-refractivity contribution is 0.663. The normalized spacial score (nSPS) is 10.6. The molecule has 0 amide bonds. The molecular weight excluding hydrogens is 317 g/mol. The van der Waals surface area contributed by atoms with Crippen LogP contribution in [0.1, 0.15) is 12.7 Å². The topological polar surface area (TPSA) is 55.6 Å². The molecule has 0 atom stereocenters. The van der Waals surface area contributed by atoms with Crippen LogP contribution in [0, 0.1) is 3.57 Å². The van der Waals surface area contributed by atoms with Gasteiger partial charge in [0.15, 0.2) is 5.82 Å². The number of para-hydroxylation sites is 1. The molecule has 1 N–H and O–H groups in total. The van der Waals surface area contributed by atoms with Gasteiger partial charge in [-0.25, -0.2) is 0 Å². The lowest BCUT2D eigenvalue weighted by Crippen LogP contribution is -2.16. The number of nitrogens with zero attached hydrogens (tertiary/aromatic N) is 4. The SMILES string of the molecule is CCNCc1nnnn1-c1ccccc1I. The molecule has 0 unspecified atom stereocenters. The van der Waals surface area contributed by atoms with Crippen LogP contribution >= 0.6 is 22.6 Å². The Hall–Kier alpha value is -1.02. The molecule has 0 aliphatic carbocycles. The van der Waals surface area contributed by atoms with Crippen molar-refractivity contribution in [2.24, 2.45) is 0 Å². The van der Waals surface area contributed by atoms with Crippen LogP contribution in [-0.4, -0.2) is 26.8 Å². The van der Waals surface area contributed by atoms with Gasteiger partial charge in [0.25, 0.3) is 0 Å².